The number of rotatable bonds is 8. The summed E-state index contributed by atoms with van der Waals surface area (Å²) in [4.78, 5) is 29.3. The van der Waals surface area contributed by atoms with Crippen molar-refractivity contribution < 1.29 is 4.79 Å². The summed E-state index contributed by atoms with van der Waals surface area (Å²) in [6, 6.07) is 19.4. The van der Waals surface area contributed by atoms with E-state index in [4.69, 9.17) is 0 Å². The molecule has 0 atom stereocenters. The Morgan fingerprint density at radius 1 is 0.912 bits per heavy atom. The van der Waals surface area contributed by atoms with E-state index in [1.54, 1.807) is 0 Å². The molecule has 0 unspecified atom stereocenters. The normalized spacial score (nSPS) is 10.7. The summed E-state index contributed by atoms with van der Waals surface area (Å²) < 4.78 is 0. The van der Waals surface area contributed by atoms with Crippen molar-refractivity contribution >= 4 is 40.3 Å². The Hall–Kier alpha value is -3.78. The Bertz CT molecular complexity index is 1270. The minimum Gasteiger partial charge on any atom is -0.357 e. The summed E-state index contributed by atoms with van der Waals surface area (Å²) in [7, 11) is 0. The van der Waals surface area contributed by atoms with Crippen molar-refractivity contribution in [3.8, 4) is 10.6 Å². The number of carbonyl (C=O) groups is 1. The molecule has 0 aliphatic heterocycles. The van der Waals surface area contributed by atoms with Gasteiger partial charge >= 0.3 is 0 Å². The lowest BCUT2D eigenvalue weighted by Crippen LogP contribution is -2.23. The summed E-state index contributed by atoms with van der Waals surface area (Å²) in [6.07, 6.45) is 0. The lowest BCUT2D eigenvalue weighted by Gasteiger charge is -2.20. The van der Waals surface area contributed by atoms with Gasteiger partial charge in [-0.15, -0.1) is 11.3 Å². The zero-order valence-electron chi connectivity index (χ0n) is 19.8. The number of benzene rings is 2. The lowest BCUT2D eigenvalue weighted by molar-refractivity contribution is 0.103. The smallest absolute Gasteiger partial charge is 0.267 e. The molecule has 2 aromatic carbocycles. The molecule has 0 spiro atoms. The van der Waals surface area contributed by atoms with E-state index < -0.39 is 0 Å². The number of thiazole rings is 1. The molecule has 0 saturated carbocycles. The number of anilines is 4. The van der Waals surface area contributed by atoms with Gasteiger partial charge in [0.2, 0.25) is 0 Å². The summed E-state index contributed by atoms with van der Waals surface area (Å²) in [5, 5.41) is 7.15. The molecule has 0 fully saturated rings. The van der Waals surface area contributed by atoms with Gasteiger partial charge in [-0.05, 0) is 52.0 Å². The third kappa shape index (κ3) is 5.40. The van der Waals surface area contributed by atoms with Crippen LogP contribution < -0.4 is 15.5 Å². The number of hydrogen-bond acceptors (Lipinski definition) is 7. The maximum absolute atomic E-state index is 12.9. The van der Waals surface area contributed by atoms with E-state index in [-0.39, 0.29) is 5.91 Å². The molecule has 0 bridgehead atoms. The third-order valence-corrected chi connectivity index (χ3v) is 6.56. The highest BCUT2D eigenvalue weighted by Crippen LogP contribution is 2.28. The fourth-order valence-corrected chi connectivity index (χ4v) is 4.58. The van der Waals surface area contributed by atoms with Crippen molar-refractivity contribution in [1.29, 1.82) is 0 Å². The fraction of sp³-hybridized carbons (Fsp3) is 0.231. The highest BCUT2D eigenvalue weighted by Gasteiger charge is 2.16. The standard InChI is InChI=1S/C26H28N6OS/c1-5-32(6-2)23-16-22(28-18(4)29-23)30-20-12-14-21(15-13-20)31-25(33)24-17(3)27-26(34-24)19-10-8-7-9-11-19/h7-16H,5-6H2,1-4H3,(H,31,33)(H,28,29,30). The molecular formula is C26H28N6OS. The molecule has 0 aliphatic carbocycles. The molecule has 4 rings (SSSR count). The first-order valence-electron chi connectivity index (χ1n) is 11.3. The van der Waals surface area contributed by atoms with Crippen molar-refractivity contribution in [3.63, 3.8) is 0 Å². The summed E-state index contributed by atoms with van der Waals surface area (Å²) >= 11 is 1.40. The largest absolute Gasteiger partial charge is 0.357 e. The van der Waals surface area contributed by atoms with Crippen molar-refractivity contribution in [2.75, 3.05) is 28.6 Å². The van der Waals surface area contributed by atoms with Gasteiger partial charge in [0, 0.05) is 36.1 Å². The number of aryl methyl sites for hydroxylation is 2. The van der Waals surface area contributed by atoms with Gasteiger partial charge in [-0.3, -0.25) is 4.79 Å². The summed E-state index contributed by atoms with van der Waals surface area (Å²) in [6.45, 7) is 9.73. The zero-order chi connectivity index (χ0) is 24.1. The van der Waals surface area contributed by atoms with E-state index in [9.17, 15) is 4.79 Å². The van der Waals surface area contributed by atoms with Crippen LogP contribution in [0.4, 0.5) is 23.0 Å². The second-order valence-corrected chi connectivity index (χ2v) is 8.79. The molecule has 0 aliphatic rings. The monoisotopic (exact) mass is 472 g/mol. The van der Waals surface area contributed by atoms with Gasteiger partial charge in [0.05, 0.1) is 5.69 Å². The second kappa shape index (κ2) is 10.4. The Morgan fingerprint density at radius 3 is 2.26 bits per heavy atom. The Kier molecular flexibility index (Phi) is 7.18. The van der Waals surface area contributed by atoms with E-state index in [2.05, 4.69) is 44.3 Å². The molecule has 4 aromatic rings. The zero-order valence-corrected chi connectivity index (χ0v) is 20.6. The van der Waals surface area contributed by atoms with Crippen molar-refractivity contribution in [2.24, 2.45) is 0 Å². The van der Waals surface area contributed by atoms with E-state index in [1.165, 1.54) is 11.3 Å². The van der Waals surface area contributed by atoms with Crippen LogP contribution in [0.3, 0.4) is 0 Å². The van der Waals surface area contributed by atoms with E-state index in [0.717, 1.165) is 46.7 Å². The van der Waals surface area contributed by atoms with Crippen LogP contribution in [-0.4, -0.2) is 33.9 Å². The average Bonchev–Trinajstić information content (AvgIpc) is 3.23. The van der Waals surface area contributed by atoms with Crippen molar-refractivity contribution in [1.82, 2.24) is 15.0 Å². The van der Waals surface area contributed by atoms with Crippen LogP contribution in [0.5, 0.6) is 0 Å². The molecule has 2 N–H and O–H groups in total. The molecule has 174 valence electrons. The van der Waals surface area contributed by atoms with Crippen LogP contribution in [0.1, 0.15) is 35.0 Å². The molecule has 8 heteroatoms. The Balaban J connectivity index is 1.45. The summed E-state index contributed by atoms with van der Waals surface area (Å²) in [5.41, 5.74) is 3.33. The molecule has 2 aromatic heterocycles. The van der Waals surface area contributed by atoms with Gasteiger partial charge in [-0.25, -0.2) is 15.0 Å². The number of aromatic nitrogens is 3. The topological polar surface area (TPSA) is 83.0 Å². The Morgan fingerprint density at radius 2 is 1.59 bits per heavy atom. The first kappa shape index (κ1) is 23.4. The van der Waals surface area contributed by atoms with E-state index in [0.29, 0.717) is 16.4 Å². The van der Waals surface area contributed by atoms with Gasteiger partial charge in [-0.1, -0.05) is 30.3 Å². The third-order valence-electron chi connectivity index (χ3n) is 5.35. The number of hydrogen-bond donors (Lipinski definition) is 2. The molecule has 7 nitrogen and oxygen atoms in total. The van der Waals surface area contributed by atoms with Crippen molar-refractivity contribution in [2.45, 2.75) is 27.7 Å². The summed E-state index contributed by atoms with van der Waals surface area (Å²) in [5.74, 6) is 2.19. The predicted molar refractivity (Wildman–Crippen MR) is 140 cm³/mol. The molecule has 0 saturated heterocycles. The quantitative estimate of drug-likeness (QED) is 0.324. The van der Waals surface area contributed by atoms with E-state index in [1.807, 2.05) is 74.5 Å². The van der Waals surface area contributed by atoms with Crippen LogP contribution in [0.25, 0.3) is 10.6 Å². The van der Waals surface area contributed by atoms with Gasteiger partial charge < -0.3 is 15.5 Å². The van der Waals surface area contributed by atoms with Gasteiger partial charge in [0.15, 0.2) is 0 Å². The number of nitrogens with zero attached hydrogens (tertiary/aromatic N) is 4. The van der Waals surface area contributed by atoms with Crippen LogP contribution in [0.2, 0.25) is 0 Å². The lowest BCUT2D eigenvalue weighted by atomic mass is 10.2. The van der Waals surface area contributed by atoms with Gasteiger partial charge in [0.1, 0.15) is 27.3 Å². The highest BCUT2D eigenvalue weighted by molar-refractivity contribution is 7.17. The minimum atomic E-state index is -0.159. The maximum atomic E-state index is 12.9. The molecule has 2 heterocycles. The SMILES string of the molecule is CCN(CC)c1cc(Nc2ccc(NC(=O)c3sc(-c4ccccc4)nc3C)cc2)nc(C)n1. The van der Waals surface area contributed by atoms with Crippen LogP contribution in [-0.2, 0) is 0 Å². The average molecular weight is 473 g/mol. The first-order chi connectivity index (χ1) is 16.5. The predicted octanol–water partition coefficient (Wildman–Crippen LogP) is 6.06. The molecule has 34 heavy (non-hydrogen) atoms. The van der Waals surface area contributed by atoms with Crippen LogP contribution in [0, 0.1) is 13.8 Å². The highest BCUT2D eigenvalue weighted by atomic mass is 32.1. The molecule has 0 radical (unpaired) electrons. The number of carbonyl (C=O) groups excluding carboxylic acids is 1. The Labute approximate surface area is 203 Å². The molecular weight excluding hydrogens is 444 g/mol. The van der Waals surface area contributed by atoms with Gasteiger partial charge in [-0.2, -0.15) is 0 Å². The van der Waals surface area contributed by atoms with E-state index >= 15 is 0 Å². The number of amides is 1. The van der Waals surface area contributed by atoms with Crippen LogP contribution >= 0.6 is 11.3 Å². The second-order valence-electron chi connectivity index (χ2n) is 7.79. The first-order valence-corrected chi connectivity index (χ1v) is 12.1. The molecule has 1 amide bonds. The van der Waals surface area contributed by atoms with Crippen LogP contribution in [0.15, 0.2) is 60.7 Å². The minimum absolute atomic E-state index is 0.159. The van der Waals surface area contributed by atoms with Gasteiger partial charge in [0.25, 0.3) is 5.91 Å². The fourth-order valence-electron chi connectivity index (χ4n) is 3.61. The maximum Gasteiger partial charge on any atom is 0.267 e. The van der Waals surface area contributed by atoms with Crippen molar-refractivity contribution in [3.05, 3.63) is 77.1 Å². The number of nitrogens with one attached hydrogen (secondary N) is 2.